The number of fused-ring (bicyclic) bond motifs is 1. The van der Waals surface area contributed by atoms with Crippen molar-refractivity contribution in [3.63, 3.8) is 0 Å². The minimum atomic E-state index is -0.249. The number of aryl methyl sites for hydroxylation is 1. The van der Waals surface area contributed by atoms with Crippen LogP contribution in [0.2, 0.25) is 0 Å². The molecule has 7 heteroatoms. The fourth-order valence-corrected chi connectivity index (χ4v) is 3.57. The highest BCUT2D eigenvalue weighted by Crippen LogP contribution is 2.22. The monoisotopic (exact) mass is 401 g/mol. The summed E-state index contributed by atoms with van der Waals surface area (Å²) in [5.74, 6) is -0.148. The van der Waals surface area contributed by atoms with Crippen molar-refractivity contribution in [1.29, 1.82) is 0 Å². The molecule has 0 saturated carbocycles. The number of carbonyl (C=O) groups is 1. The van der Waals surface area contributed by atoms with Gasteiger partial charge in [0.25, 0.3) is 5.56 Å². The van der Waals surface area contributed by atoms with Crippen LogP contribution in [-0.2, 0) is 17.8 Å². The molecule has 3 aromatic heterocycles. The molecule has 7 nitrogen and oxygen atoms in total. The number of nitrogens with one attached hydrogen (secondary N) is 1. The highest BCUT2D eigenvalue weighted by Gasteiger charge is 2.25. The highest BCUT2D eigenvalue weighted by molar-refractivity contribution is 5.79. The number of hydrogen-bond donors (Lipinski definition) is 1. The zero-order valence-corrected chi connectivity index (χ0v) is 16.9. The van der Waals surface area contributed by atoms with E-state index >= 15 is 0 Å². The van der Waals surface area contributed by atoms with Crippen LogP contribution in [0.1, 0.15) is 35.5 Å². The molecule has 0 radical (unpaired) electrons. The summed E-state index contributed by atoms with van der Waals surface area (Å²) in [5, 5.41) is 2.85. The Morgan fingerprint density at radius 2 is 1.90 bits per heavy atom. The fraction of sp³-hybridized carbons (Fsp3) is 0.217. The molecule has 0 aliphatic rings. The first kappa shape index (κ1) is 19.6. The quantitative estimate of drug-likeness (QED) is 0.538. The number of benzene rings is 1. The Morgan fingerprint density at radius 1 is 1.13 bits per heavy atom. The van der Waals surface area contributed by atoms with Crippen molar-refractivity contribution in [3.05, 3.63) is 99.9 Å². The third-order valence-electron chi connectivity index (χ3n) is 5.27. The van der Waals surface area contributed by atoms with E-state index in [1.807, 2.05) is 55.5 Å². The second-order valence-corrected chi connectivity index (χ2v) is 7.25. The van der Waals surface area contributed by atoms with E-state index in [4.69, 9.17) is 0 Å². The molecule has 152 valence electrons. The van der Waals surface area contributed by atoms with Crippen molar-refractivity contribution < 1.29 is 4.79 Å². The summed E-state index contributed by atoms with van der Waals surface area (Å²) in [6.07, 6.45) is 3.35. The zero-order valence-electron chi connectivity index (χ0n) is 16.9. The van der Waals surface area contributed by atoms with Crippen LogP contribution in [0.3, 0.4) is 0 Å². The molecule has 4 aromatic rings. The maximum Gasteiger partial charge on any atom is 0.276 e. The van der Waals surface area contributed by atoms with Gasteiger partial charge < -0.3 is 4.90 Å². The summed E-state index contributed by atoms with van der Waals surface area (Å²) in [6.45, 7) is 4.14. The third kappa shape index (κ3) is 3.87. The molecule has 0 fully saturated rings. The summed E-state index contributed by atoms with van der Waals surface area (Å²) in [6, 6.07) is 16.9. The Hall–Kier alpha value is -3.74. The molecule has 30 heavy (non-hydrogen) atoms. The van der Waals surface area contributed by atoms with Crippen LogP contribution < -0.4 is 5.56 Å². The third-order valence-corrected chi connectivity index (χ3v) is 5.27. The van der Waals surface area contributed by atoms with Gasteiger partial charge in [0.15, 0.2) is 5.65 Å². The topological polar surface area (TPSA) is 83.4 Å². The molecule has 1 N–H and O–H groups in total. The molecule has 0 aliphatic heterocycles. The van der Waals surface area contributed by atoms with Crippen LogP contribution in [0.5, 0.6) is 0 Å². The van der Waals surface area contributed by atoms with Gasteiger partial charge in [0.05, 0.1) is 18.2 Å². The van der Waals surface area contributed by atoms with Crippen molar-refractivity contribution >= 4 is 11.6 Å². The van der Waals surface area contributed by atoms with Gasteiger partial charge in [-0.15, -0.1) is 0 Å². The Labute approximate surface area is 174 Å². The number of H-pyrrole nitrogens is 1. The molecule has 3 heterocycles. The maximum atomic E-state index is 13.4. The van der Waals surface area contributed by atoms with Crippen molar-refractivity contribution in [2.45, 2.75) is 32.9 Å². The number of aromatic nitrogens is 4. The highest BCUT2D eigenvalue weighted by atomic mass is 16.2. The Morgan fingerprint density at radius 3 is 2.63 bits per heavy atom. The molecule has 0 bridgehead atoms. The van der Waals surface area contributed by atoms with E-state index in [9.17, 15) is 9.59 Å². The van der Waals surface area contributed by atoms with Gasteiger partial charge in [-0.2, -0.15) is 0 Å². The average molecular weight is 401 g/mol. The van der Waals surface area contributed by atoms with Crippen LogP contribution in [-0.4, -0.2) is 30.4 Å². The lowest BCUT2D eigenvalue weighted by Crippen LogP contribution is -2.36. The second kappa shape index (κ2) is 8.32. The molecular weight excluding hydrogens is 378 g/mol. The minimum Gasteiger partial charge on any atom is -0.330 e. The SMILES string of the molecule is Cc1nc2cc[nH]n2c(=O)c1CC(=O)N(Cc1ccccc1)C(C)c1ccccn1. The van der Waals surface area contributed by atoms with Gasteiger partial charge in [-0.25, -0.2) is 9.50 Å². The van der Waals surface area contributed by atoms with E-state index in [2.05, 4.69) is 15.1 Å². The van der Waals surface area contributed by atoms with Crippen LogP contribution in [0.15, 0.2) is 71.8 Å². The van der Waals surface area contributed by atoms with Gasteiger partial charge in [-0.1, -0.05) is 36.4 Å². The van der Waals surface area contributed by atoms with Crippen molar-refractivity contribution in [2.75, 3.05) is 0 Å². The maximum absolute atomic E-state index is 13.4. The van der Waals surface area contributed by atoms with Gasteiger partial charge in [0.1, 0.15) is 0 Å². The lowest BCUT2D eigenvalue weighted by molar-refractivity contribution is -0.133. The number of amides is 1. The molecule has 0 aliphatic carbocycles. The van der Waals surface area contributed by atoms with E-state index in [1.165, 1.54) is 4.52 Å². The molecule has 1 aromatic carbocycles. The molecule has 0 saturated heterocycles. The zero-order chi connectivity index (χ0) is 21.1. The van der Waals surface area contributed by atoms with Crippen LogP contribution in [0, 0.1) is 6.92 Å². The van der Waals surface area contributed by atoms with Crippen molar-refractivity contribution in [1.82, 2.24) is 24.5 Å². The van der Waals surface area contributed by atoms with E-state index in [-0.39, 0.29) is 23.9 Å². The summed E-state index contributed by atoms with van der Waals surface area (Å²) >= 11 is 0. The van der Waals surface area contributed by atoms with Gasteiger partial charge in [-0.3, -0.25) is 19.7 Å². The number of rotatable bonds is 6. The second-order valence-electron chi connectivity index (χ2n) is 7.25. The Kier molecular flexibility index (Phi) is 5.43. The normalized spacial score (nSPS) is 12.1. The van der Waals surface area contributed by atoms with Crippen LogP contribution >= 0.6 is 0 Å². The number of nitrogens with zero attached hydrogens (tertiary/aromatic N) is 4. The smallest absolute Gasteiger partial charge is 0.276 e. The summed E-state index contributed by atoms with van der Waals surface area (Å²) < 4.78 is 1.36. The molecule has 1 atom stereocenters. The van der Waals surface area contributed by atoms with Crippen molar-refractivity contribution in [3.8, 4) is 0 Å². The number of hydrogen-bond acceptors (Lipinski definition) is 4. The van der Waals surface area contributed by atoms with Gasteiger partial charge >= 0.3 is 0 Å². The molecular formula is C23H23N5O2. The van der Waals surface area contributed by atoms with E-state index in [0.717, 1.165) is 11.3 Å². The fourth-order valence-electron chi connectivity index (χ4n) is 3.57. The summed E-state index contributed by atoms with van der Waals surface area (Å²) in [5.41, 5.74) is 3.07. The summed E-state index contributed by atoms with van der Waals surface area (Å²) in [4.78, 5) is 36.9. The van der Waals surface area contributed by atoms with Crippen LogP contribution in [0.25, 0.3) is 5.65 Å². The first-order valence-corrected chi connectivity index (χ1v) is 9.84. The number of carbonyl (C=O) groups excluding carboxylic acids is 1. The van der Waals surface area contributed by atoms with Crippen molar-refractivity contribution in [2.24, 2.45) is 0 Å². The first-order valence-electron chi connectivity index (χ1n) is 9.84. The Bertz CT molecular complexity index is 1210. The predicted molar refractivity (Wildman–Crippen MR) is 114 cm³/mol. The Balaban J connectivity index is 1.68. The molecule has 4 rings (SSSR count). The standard InChI is InChI=1S/C23H23N5O2/c1-16-19(23(30)28-21(26-16)11-13-25-28)14-22(29)27(15-18-8-4-3-5-9-18)17(2)20-10-6-7-12-24-20/h3-13,17,25H,14-15H2,1-2H3. The van der Waals surface area contributed by atoms with Gasteiger partial charge in [0.2, 0.25) is 5.91 Å². The van der Waals surface area contributed by atoms with E-state index in [1.54, 1.807) is 30.3 Å². The average Bonchev–Trinajstić information content (AvgIpc) is 3.24. The number of aromatic amines is 1. The van der Waals surface area contributed by atoms with E-state index in [0.29, 0.717) is 23.4 Å². The first-order chi connectivity index (χ1) is 14.5. The number of pyridine rings is 1. The largest absolute Gasteiger partial charge is 0.330 e. The van der Waals surface area contributed by atoms with E-state index < -0.39 is 0 Å². The van der Waals surface area contributed by atoms with Gasteiger partial charge in [0, 0.05) is 36.3 Å². The lowest BCUT2D eigenvalue weighted by atomic mass is 10.1. The molecule has 1 amide bonds. The predicted octanol–water partition coefficient (Wildman–Crippen LogP) is 3.06. The molecule has 1 unspecified atom stereocenters. The lowest BCUT2D eigenvalue weighted by Gasteiger charge is -2.29. The molecule has 0 spiro atoms. The van der Waals surface area contributed by atoms with Crippen LogP contribution in [0.4, 0.5) is 0 Å². The summed E-state index contributed by atoms with van der Waals surface area (Å²) in [7, 11) is 0. The minimum absolute atomic E-state index is 0.0242. The van der Waals surface area contributed by atoms with Gasteiger partial charge in [-0.05, 0) is 31.5 Å².